The molecule has 2 aromatic rings. The average molecular weight is 271 g/mol. The predicted molar refractivity (Wildman–Crippen MR) is 76.9 cm³/mol. The molecule has 0 bridgehead atoms. The maximum Gasteiger partial charge on any atom is 0.319 e. The minimum Gasteiger partial charge on any atom is -0.332 e. The summed E-state index contributed by atoms with van der Waals surface area (Å²) in [6.07, 6.45) is 1.59. The summed E-state index contributed by atoms with van der Waals surface area (Å²) < 4.78 is 0. The number of rotatable bonds is 4. The van der Waals surface area contributed by atoms with Crippen molar-refractivity contribution in [3.05, 3.63) is 53.9 Å². The van der Waals surface area contributed by atoms with Crippen LogP contribution in [0.4, 0.5) is 10.5 Å². The number of nitrogens with two attached hydrogens (primary N) is 1. The lowest BCUT2D eigenvalue weighted by molar-refractivity contribution is 0.251. The van der Waals surface area contributed by atoms with Gasteiger partial charge in [0.15, 0.2) is 0 Å². The van der Waals surface area contributed by atoms with Crippen molar-refractivity contribution < 1.29 is 4.79 Å². The normalized spacial score (nSPS) is 11.7. The Hall–Kier alpha value is -2.47. The van der Waals surface area contributed by atoms with Gasteiger partial charge in [0.25, 0.3) is 0 Å². The van der Waals surface area contributed by atoms with Crippen molar-refractivity contribution in [3.63, 3.8) is 0 Å². The summed E-state index contributed by atoms with van der Waals surface area (Å²) in [6, 6.07) is 10.7. The predicted octanol–water partition coefficient (Wildman–Crippen LogP) is 1.82. The summed E-state index contributed by atoms with van der Waals surface area (Å²) in [5.74, 6) is 0. The van der Waals surface area contributed by atoms with E-state index < -0.39 is 0 Å². The Bertz CT molecular complexity index is 571. The number of amides is 2. The Balaban J connectivity index is 1.90. The van der Waals surface area contributed by atoms with Gasteiger partial charge in [-0.1, -0.05) is 12.1 Å². The second kappa shape index (κ2) is 6.63. The van der Waals surface area contributed by atoms with Gasteiger partial charge in [0.2, 0.25) is 0 Å². The zero-order valence-electron chi connectivity index (χ0n) is 11.2. The van der Waals surface area contributed by atoms with E-state index in [1.54, 1.807) is 18.3 Å². The minimum atomic E-state index is -0.294. The van der Waals surface area contributed by atoms with Crippen molar-refractivity contribution in [2.45, 2.75) is 19.5 Å². The third kappa shape index (κ3) is 4.03. The number of urea groups is 1. The van der Waals surface area contributed by atoms with Crippen LogP contribution in [0.15, 0.2) is 42.6 Å². The lowest BCUT2D eigenvalue weighted by Crippen LogP contribution is -2.28. The van der Waals surface area contributed by atoms with Crippen molar-refractivity contribution in [1.29, 1.82) is 0 Å². The molecule has 104 valence electrons. The Morgan fingerprint density at radius 3 is 2.90 bits per heavy atom. The van der Waals surface area contributed by atoms with E-state index >= 15 is 0 Å². The van der Waals surface area contributed by atoms with Crippen LogP contribution in [0, 0.1) is 0 Å². The lowest BCUT2D eigenvalue weighted by atomic mass is 10.1. The zero-order valence-corrected chi connectivity index (χ0v) is 11.2. The molecule has 4 N–H and O–H groups in total. The molecule has 1 heterocycles. The van der Waals surface area contributed by atoms with Gasteiger partial charge in [0.05, 0.1) is 12.2 Å². The lowest BCUT2D eigenvalue weighted by Gasteiger charge is -2.10. The van der Waals surface area contributed by atoms with Crippen LogP contribution in [0.1, 0.15) is 24.2 Å². The fourth-order valence-corrected chi connectivity index (χ4v) is 1.67. The molecule has 0 spiro atoms. The van der Waals surface area contributed by atoms with Crippen molar-refractivity contribution in [2.75, 3.05) is 5.32 Å². The number of carbonyl (C=O) groups is 1. The van der Waals surface area contributed by atoms with Crippen LogP contribution in [0.5, 0.6) is 0 Å². The highest BCUT2D eigenvalue weighted by atomic mass is 16.2. The van der Waals surface area contributed by atoms with Crippen LogP contribution in [-0.4, -0.2) is 16.2 Å². The first kappa shape index (κ1) is 14.0. The maximum absolute atomic E-state index is 11.8. The van der Waals surface area contributed by atoms with Gasteiger partial charge >= 0.3 is 6.03 Å². The number of aromatic nitrogens is 2. The summed E-state index contributed by atoms with van der Waals surface area (Å²) >= 11 is 0. The van der Waals surface area contributed by atoms with Gasteiger partial charge in [-0.2, -0.15) is 10.2 Å². The van der Waals surface area contributed by atoms with E-state index in [9.17, 15) is 4.79 Å². The van der Waals surface area contributed by atoms with Crippen LogP contribution < -0.4 is 16.4 Å². The van der Waals surface area contributed by atoms with E-state index in [1.807, 2.05) is 31.2 Å². The van der Waals surface area contributed by atoms with Crippen LogP contribution in [0.3, 0.4) is 0 Å². The number of hydrogen-bond donors (Lipinski definition) is 3. The number of carbonyl (C=O) groups excluding carboxylic acids is 1. The average Bonchev–Trinajstić information content (AvgIpc) is 2.46. The molecule has 6 nitrogen and oxygen atoms in total. The molecule has 0 aliphatic carbocycles. The number of nitrogens with one attached hydrogen (secondary N) is 2. The molecule has 0 aliphatic heterocycles. The van der Waals surface area contributed by atoms with Crippen molar-refractivity contribution in [2.24, 2.45) is 5.73 Å². The summed E-state index contributed by atoms with van der Waals surface area (Å²) in [5.41, 5.74) is 8.18. The van der Waals surface area contributed by atoms with Crippen LogP contribution in [-0.2, 0) is 6.54 Å². The molecule has 2 rings (SSSR count). The molecule has 0 saturated carbocycles. The Morgan fingerprint density at radius 2 is 2.20 bits per heavy atom. The van der Waals surface area contributed by atoms with Gasteiger partial charge in [-0.05, 0) is 36.8 Å². The van der Waals surface area contributed by atoms with Gasteiger partial charge in [-0.3, -0.25) is 0 Å². The fourth-order valence-electron chi connectivity index (χ4n) is 1.67. The zero-order chi connectivity index (χ0) is 14.4. The van der Waals surface area contributed by atoms with Gasteiger partial charge in [0.1, 0.15) is 0 Å². The van der Waals surface area contributed by atoms with Gasteiger partial charge in [-0.25, -0.2) is 4.79 Å². The summed E-state index contributed by atoms with van der Waals surface area (Å²) in [7, 11) is 0. The Kier molecular flexibility index (Phi) is 4.62. The number of benzene rings is 1. The maximum atomic E-state index is 11.8. The van der Waals surface area contributed by atoms with Gasteiger partial charge in [0, 0.05) is 17.9 Å². The van der Waals surface area contributed by atoms with Crippen molar-refractivity contribution in [1.82, 2.24) is 15.5 Å². The monoisotopic (exact) mass is 271 g/mol. The second-order valence-corrected chi connectivity index (χ2v) is 4.44. The highest BCUT2D eigenvalue weighted by Gasteiger charge is 2.04. The van der Waals surface area contributed by atoms with E-state index in [-0.39, 0.29) is 12.1 Å². The van der Waals surface area contributed by atoms with Crippen LogP contribution >= 0.6 is 0 Å². The molecule has 20 heavy (non-hydrogen) atoms. The Labute approximate surface area is 117 Å². The molecular formula is C14H17N5O. The first-order valence-electron chi connectivity index (χ1n) is 6.32. The summed E-state index contributed by atoms with van der Waals surface area (Å²) in [5, 5.41) is 13.1. The van der Waals surface area contributed by atoms with Crippen LogP contribution in [0.25, 0.3) is 0 Å². The quantitative estimate of drug-likeness (QED) is 0.790. The summed E-state index contributed by atoms with van der Waals surface area (Å²) in [4.78, 5) is 11.8. The van der Waals surface area contributed by atoms with Crippen LogP contribution in [0.2, 0.25) is 0 Å². The fraction of sp³-hybridized carbons (Fsp3) is 0.214. The molecular weight excluding hydrogens is 254 g/mol. The Morgan fingerprint density at radius 1 is 1.35 bits per heavy atom. The molecule has 0 saturated heterocycles. The van der Waals surface area contributed by atoms with E-state index in [0.29, 0.717) is 17.9 Å². The first-order chi connectivity index (χ1) is 9.65. The number of nitrogens with zero attached hydrogens (tertiary/aromatic N) is 2. The minimum absolute atomic E-state index is 0.0700. The van der Waals surface area contributed by atoms with E-state index in [4.69, 9.17) is 5.73 Å². The molecule has 1 unspecified atom stereocenters. The molecule has 6 heteroatoms. The highest BCUT2D eigenvalue weighted by Crippen LogP contribution is 2.15. The standard InChI is InChI=1S/C14H17N5O/c1-10(15)11-4-2-5-12(8-11)18-14(20)16-9-13-6-3-7-17-19-13/h2-8,10H,9,15H2,1H3,(H2,16,18,20). The number of anilines is 1. The topological polar surface area (TPSA) is 92.9 Å². The largest absolute Gasteiger partial charge is 0.332 e. The first-order valence-corrected chi connectivity index (χ1v) is 6.32. The van der Waals surface area contributed by atoms with Gasteiger partial charge in [-0.15, -0.1) is 0 Å². The van der Waals surface area contributed by atoms with Crippen molar-refractivity contribution in [3.8, 4) is 0 Å². The van der Waals surface area contributed by atoms with Gasteiger partial charge < -0.3 is 16.4 Å². The summed E-state index contributed by atoms with van der Waals surface area (Å²) in [6.45, 7) is 2.22. The smallest absolute Gasteiger partial charge is 0.319 e. The molecule has 0 aliphatic rings. The molecule has 1 aromatic carbocycles. The molecule has 1 aromatic heterocycles. The molecule has 2 amide bonds. The third-order valence-corrected chi connectivity index (χ3v) is 2.73. The highest BCUT2D eigenvalue weighted by molar-refractivity contribution is 5.89. The van der Waals surface area contributed by atoms with E-state index in [2.05, 4.69) is 20.8 Å². The second-order valence-electron chi connectivity index (χ2n) is 4.44. The molecule has 0 fully saturated rings. The number of hydrogen-bond acceptors (Lipinski definition) is 4. The van der Waals surface area contributed by atoms with E-state index in [1.165, 1.54) is 0 Å². The molecule has 0 radical (unpaired) electrons. The third-order valence-electron chi connectivity index (χ3n) is 2.73. The van der Waals surface area contributed by atoms with Crippen molar-refractivity contribution >= 4 is 11.7 Å². The SMILES string of the molecule is CC(N)c1cccc(NC(=O)NCc2cccnn2)c1. The molecule has 1 atom stereocenters. The van der Waals surface area contributed by atoms with E-state index in [0.717, 1.165) is 5.56 Å².